The molecule has 0 unspecified atom stereocenters. The van der Waals surface area contributed by atoms with Crippen molar-refractivity contribution in [2.45, 2.75) is 18.3 Å². The maximum atomic E-state index is 10.0. The Morgan fingerprint density at radius 3 is 2.57 bits per heavy atom. The molecule has 1 aliphatic rings. The molecule has 0 bridgehead atoms. The highest BCUT2D eigenvalue weighted by Crippen LogP contribution is 2.34. The van der Waals surface area contributed by atoms with Crippen LogP contribution in [0.25, 0.3) is 0 Å². The molecule has 5 heteroatoms. The normalized spacial score (nSPS) is 22.3. The molecule has 1 aromatic heterocycles. The number of halogens is 1. The fourth-order valence-electron chi connectivity index (χ4n) is 3.02. The molecule has 2 heterocycles. The zero-order valence-electron chi connectivity index (χ0n) is 11.7. The van der Waals surface area contributed by atoms with Crippen LogP contribution in [0.5, 0.6) is 0 Å². The van der Waals surface area contributed by atoms with Gasteiger partial charge in [0.2, 0.25) is 5.95 Å². The van der Waals surface area contributed by atoms with E-state index < -0.39 is 0 Å². The molecule has 1 aliphatic heterocycles. The molecule has 3 rings (SSSR count). The van der Waals surface area contributed by atoms with Gasteiger partial charge in [0.05, 0.1) is 11.1 Å². The summed E-state index contributed by atoms with van der Waals surface area (Å²) in [7, 11) is 0. The van der Waals surface area contributed by atoms with Crippen molar-refractivity contribution < 1.29 is 5.11 Å². The molecule has 1 saturated heterocycles. The molecule has 1 atom stereocenters. The van der Waals surface area contributed by atoms with Gasteiger partial charge in [-0.3, -0.25) is 0 Å². The predicted octanol–water partition coefficient (Wildman–Crippen LogP) is 2.77. The van der Waals surface area contributed by atoms with Gasteiger partial charge in [0.15, 0.2) is 0 Å². The number of hydrogen-bond acceptors (Lipinski definition) is 4. The van der Waals surface area contributed by atoms with E-state index in [-0.39, 0.29) is 12.0 Å². The van der Waals surface area contributed by atoms with E-state index in [4.69, 9.17) is 0 Å². The van der Waals surface area contributed by atoms with Crippen molar-refractivity contribution in [3.63, 3.8) is 0 Å². The maximum Gasteiger partial charge on any atom is 0.225 e. The van der Waals surface area contributed by atoms with Gasteiger partial charge in [0.25, 0.3) is 0 Å². The summed E-state index contributed by atoms with van der Waals surface area (Å²) in [6.45, 7) is 1.81. The zero-order chi connectivity index (χ0) is 14.7. The third-order valence-corrected chi connectivity index (χ3v) is 4.56. The molecule has 1 N–H and O–H groups in total. The van der Waals surface area contributed by atoms with E-state index in [9.17, 15) is 5.11 Å². The average Bonchev–Trinajstić information content (AvgIpc) is 2.56. The molecule has 0 saturated carbocycles. The van der Waals surface area contributed by atoms with E-state index in [1.807, 2.05) is 18.2 Å². The second kappa shape index (κ2) is 6.12. The van der Waals surface area contributed by atoms with Gasteiger partial charge >= 0.3 is 0 Å². The number of nitrogens with zero attached hydrogens (tertiary/aromatic N) is 3. The van der Waals surface area contributed by atoms with Crippen LogP contribution in [0.3, 0.4) is 0 Å². The highest BCUT2D eigenvalue weighted by molar-refractivity contribution is 9.10. The van der Waals surface area contributed by atoms with Crippen molar-refractivity contribution in [1.29, 1.82) is 0 Å². The molecule has 1 aromatic carbocycles. The van der Waals surface area contributed by atoms with Crippen LogP contribution in [0.15, 0.2) is 47.2 Å². The Morgan fingerprint density at radius 2 is 1.90 bits per heavy atom. The largest absolute Gasteiger partial charge is 0.395 e. The first-order valence-corrected chi connectivity index (χ1v) is 7.92. The second-order valence-corrected chi connectivity index (χ2v) is 6.45. The molecule has 0 spiro atoms. The summed E-state index contributed by atoms with van der Waals surface area (Å²) in [5.74, 6) is 0.728. The maximum absolute atomic E-state index is 10.0. The summed E-state index contributed by atoms with van der Waals surface area (Å²) < 4.78 is 0.875. The minimum atomic E-state index is -0.226. The average molecular weight is 348 g/mol. The number of aliphatic hydroxyl groups is 1. The number of rotatable bonds is 3. The van der Waals surface area contributed by atoms with E-state index >= 15 is 0 Å². The van der Waals surface area contributed by atoms with E-state index in [2.05, 4.69) is 42.9 Å². The van der Waals surface area contributed by atoms with Gasteiger partial charge in [0, 0.05) is 30.9 Å². The van der Waals surface area contributed by atoms with Crippen molar-refractivity contribution in [2.24, 2.45) is 0 Å². The topological polar surface area (TPSA) is 49.2 Å². The lowest BCUT2D eigenvalue weighted by Crippen LogP contribution is -2.49. The van der Waals surface area contributed by atoms with Gasteiger partial charge in [-0.05, 0) is 34.3 Å². The molecule has 0 amide bonds. The molecular weight excluding hydrogens is 330 g/mol. The van der Waals surface area contributed by atoms with Crippen LogP contribution in [0.4, 0.5) is 5.95 Å². The van der Waals surface area contributed by atoms with Gasteiger partial charge in [-0.15, -0.1) is 0 Å². The summed E-state index contributed by atoms with van der Waals surface area (Å²) in [6.07, 6.45) is 5.54. The Balaban J connectivity index is 1.88. The second-order valence-electron chi connectivity index (χ2n) is 5.53. The number of anilines is 1. The van der Waals surface area contributed by atoms with Crippen LogP contribution in [0.2, 0.25) is 0 Å². The zero-order valence-corrected chi connectivity index (χ0v) is 13.3. The first-order chi connectivity index (χ1) is 10.2. The third-order valence-electron chi connectivity index (χ3n) is 4.16. The van der Waals surface area contributed by atoms with Crippen molar-refractivity contribution in [2.75, 3.05) is 24.6 Å². The Bertz CT molecular complexity index is 590. The van der Waals surface area contributed by atoms with E-state index in [1.165, 1.54) is 5.56 Å². The van der Waals surface area contributed by atoms with Crippen LogP contribution in [0, 0.1) is 0 Å². The van der Waals surface area contributed by atoms with Gasteiger partial charge in [0.1, 0.15) is 0 Å². The standard InChI is InChI=1S/C16H18BrN3O/c17-14-9-18-15(19-10-14)20-8-4-7-16(11-20,12-21)13-5-2-1-3-6-13/h1-3,5-6,9-10,21H,4,7-8,11-12H2/t16-/m0/s1. The van der Waals surface area contributed by atoms with Crippen LogP contribution in [-0.2, 0) is 5.41 Å². The minimum Gasteiger partial charge on any atom is -0.395 e. The summed E-state index contributed by atoms with van der Waals surface area (Å²) in [6, 6.07) is 10.3. The number of benzene rings is 1. The molecule has 0 aliphatic carbocycles. The molecule has 110 valence electrons. The van der Waals surface area contributed by atoms with Crippen LogP contribution in [0.1, 0.15) is 18.4 Å². The Morgan fingerprint density at radius 1 is 1.19 bits per heavy atom. The molecule has 4 nitrogen and oxygen atoms in total. The Kier molecular flexibility index (Phi) is 4.22. The summed E-state index contributed by atoms with van der Waals surface area (Å²) >= 11 is 3.36. The predicted molar refractivity (Wildman–Crippen MR) is 86.4 cm³/mol. The first-order valence-electron chi connectivity index (χ1n) is 7.12. The number of hydrogen-bond donors (Lipinski definition) is 1. The van der Waals surface area contributed by atoms with Crippen molar-refractivity contribution in [3.05, 3.63) is 52.8 Å². The third kappa shape index (κ3) is 2.94. The number of aromatic nitrogens is 2. The minimum absolute atomic E-state index is 0.143. The molecular formula is C16H18BrN3O. The SMILES string of the molecule is OC[C@]1(c2ccccc2)CCCN(c2ncc(Br)cn2)C1. The van der Waals surface area contributed by atoms with Crippen LogP contribution < -0.4 is 4.90 Å². The smallest absolute Gasteiger partial charge is 0.225 e. The molecule has 21 heavy (non-hydrogen) atoms. The molecule has 0 radical (unpaired) electrons. The Hall–Kier alpha value is -1.46. The van der Waals surface area contributed by atoms with Gasteiger partial charge < -0.3 is 10.0 Å². The van der Waals surface area contributed by atoms with Gasteiger partial charge in [-0.1, -0.05) is 30.3 Å². The number of piperidine rings is 1. The number of aliphatic hydroxyl groups excluding tert-OH is 1. The van der Waals surface area contributed by atoms with Gasteiger partial charge in [-0.25, -0.2) is 9.97 Å². The van der Waals surface area contributed by atoms with Crippen LogP contribution in [-0.4, -0.2) is 34.8 Å². The van der Waals surface area contributed by atoms with Crippen molar-refractivity contribution in [1.82, 2.24) is 9.97 Å². The van der Waals surface area contributed by atoms with Crippen molar-refractivity contribution >= 4 is 21.9 Å². The lowest BCUT2D eigenvalue weighted by molar-refractivity contribution is 0.172. The van der Waals surface area contributed by atoms with Crippen molar-refractivity contribution in [3.8, 4) is 0 Å². The summed E-state index contributed by atoms with van der Waals surface area (Å²) in [4.78, 5) is 10.9. The lowest BCUT2D eigenvalue weighted by Gasteiger charge is -2.42. The highest BCUT2D eigenvalue weighted by atomic mass is 79.9. The lowest BCUT2D eigenvalue weighted by atomic mass is 9.75. The highest BCUT2D eigenvalue weighted by Gasteiger charge is 2.37. The Labute approximate surface area is 133 Å². The fraction of sp³-hybridized carbons (Fsp3) is 0.375. The molecule has 2 aromatic rings. The van der Waals surface area contributed by atoms with E-state index in [0.717, 1.165) is 36.4 Å². The fourth-order valence-corrected chi connectivity index (χ4v) is 3.22. The quantitative estimate of drug-likeness (QED) is 0.927. The monoisotopic (exact) mass is 347 g/mol. The van der Waals surface area contributed by atoms with E-state index in [1.54, 1.807) is 12.4 Å². The van der Waals surface area contributed by atoms with Gasteiger partial charge in [-0.2, -0.15) is 0 Å². The van der Waals surface area contributed by atoms with Crippen LogP contribution >= 0.6 is 15.9 Å². The summed E-state index contributed by atoms with van der Waals surface area (Å²) in [5, 5.41) is 10.0. The molecule has 1 fully saturated rings. The van der Waals surface area contributed by atoms with E-state index in [0.29, 0.717) is 0 Å². The first kappa shape index (κ1) is 14.5. The summed E-state index contributed by atoms with van der Waals surface area (Å²) in [5.41, 5.74) is 0.963.